The molecule has 196 valence electrons. The Morgan fingerprint density at radius 1 is 0.744 bits per heavy atom. The van der Waals surface area contributed by atoms with Gasteiger partial charge in [0.15, 0.2) is 0 Å². The van der Waals surface area contributed by atoms with Gasteiger partial charge in [0.05, 0.1) is 6.42 Å². The highest BCUT2D eigenvalue weighted by Gasteiger charge is 2.23. The van der Waals surface area contributed by atoms with Gasteiger partial charge in [0.25, 0.3) is 5.91 Å². The van der Waals surface area contributed by atoms with Crippen LogP contribution in [0.1, 0.15) is 28.3 Å². The molecule has 7 heteroatoms. The van der Waals surface area contributed by atoms with Crippen LogP contribution in [0, 0.1) is 0 Å². The summed E-state index contributed by atoms with van der Waals surface area (Å²) in [6.45, 7) is 0.307. The normalized spacial score (nSPS) is 11.5. The zero-order chi connectivity index (χ0) is 27.5. The molecule has 4 N–H and O–H groups in total. The lowest BCUT2D eigenvalue weighted by Crippen LogP contribution is -2.40. The largest absolute Gasteiger partial charge is 0.350 e. The van der Waals surface area contributed by atoms with Crippen LogP contribution < -0.4 is 16.1 Å². The van der Waals surface area contributed by atoms with Crippen molar-refractivity contribution >= 4 is 23.8 Å². The van der Waals surface area contributed by atoms with Gasteiger partial charge in [-0.15, -0.1) is 0 Å². The highest BCUT2D eigenvalue weighted by molar-refractivity contribution is 5.91. The number of hydrogen-bond acceptors (Lipinski definition) is 4. The Bertz CT molecular complexity index is 1450. The van der Waals surface area contributed by atoms with Gasteiger partial charge in [0.1, 0.15) is 6.04 Å². The van der Waals surface area contributed by atoms with Gasteiger partial charge in [0.2, 0.25) is 11.8 Å². The first-order chi connectivity index (χ1) is 19.0. The minimum absolute atomic E-state index is 0.0966. The summed E-state index contributed by atoms with van der Waals surface area (Å²) in [6.07, 6.45) is 2.77. The highest BCUT2D eigenvalue weighted by Crippen LogP contribution is 2.21. The minimum Gasteiger partial charge on any atom is -0.350 e. The summed E-state index contributed by atoms with van der Waals surface area (Å²) < 4.78 is 0. The third-order valence-electron chi connectivity index (χ3n) is 6.06. The summed E-state index contributed by atoms with van der Waals surface area (Å²) in [5.74, 6) is -1.34. The van der Waals surface area contributed by atoms with Gasteiger partial charge < -0.3 is 10.6 Å². The van der Waals surface area contributed by atoms with E-state index in [0.29, 0.717) is 17.7 Å². The maximum absolute atomic E-state index is 13.3. The molecule has 0 bridgehead atoms. The highest BCUT2D eigenvalue weighted by atomic mass is 16.5. The summed E-state index contributed by atoms with van der Waals surface area (Å²) in [4.78, 5) is 37.9. The molecular weight excluding hydrogens is 490 g/mol. The van der Waals surface area contributed by atoms with Crippen LogP contribution in [0.15, 0.2) is 115 Å². The van der Waals surface area contributed by atoms with Crippen molar-refractivity contribution in [3.63, 3.8) is 0 Å². The van der Waals surface area contributed by atoms with E-state index in [1.54, 1.807) is 24.3 Å². The summed E-state index contributed by atoms with van der Waals surface area (Å²) in [6, 6.07) is 33.1. The molecule has 1 atom stereocenters. The van der Waals surface area contributed by atoms with E-state index in [0.717, 1.165) is 22.3 Å². The van der Waals surface area contributed by atoms with E-state index in [4.69, 9.17) is 5.21 Å². The molecule has 0 radical (unpaired) electrons. The van der Waals surface area contributed by atoms with Crippen molar-refractivity contribution in [2.24, 2.45) is 0 Å². The van der Waals surface area contributed by atoms with Gasteiger partial charge in [-0.25, -0.2) is 5.48 Å². The van der Waals surface area contributed by atoms with E-state index in [1.165, 1.54) is 17.6 Å². The fourth-order valence-electron chi connectivity index (χ4n) is 4.13. The van der Waals surface area contributed by atoms with Crippen LogP contribution in [0.5, 0.6) is 0 Å². The number of nitrogens with one attached hydrogen (secondary N) is 3. The van der Waals surface area contributed by atoms with Gasteiger partial charge in [-0.2, -0.15) is 0 Å². The van der Waals surface area contributed by atoms with Crippen LogP contribution in [0.2, 0.25) is 0 Å². The lowest BCUT2D eigenvalue weighted by atomic mass is 10.0. The van der Waals surface area contributed by atoms with Crippen LogP contribution in [-0.4, -0.2) is 22.9 Å². The molecular formula is C32H29N3O4. The quantitative estimate of drug-likeness (QED) is 0.140. The summed E-state index contributed by atoms with van der Waals surface area (Å²) in [5.41, 5.74) is 6.53. The van der Waals surface area contributed by atoms with E-state index in [-0.39, 0.29) is 18.2 Å². The standard InChI is InChI=1S/C32H29N3O4/c36-29(35-39)18-17-23-11-7-16-28(19-23)31(32(38)33-22-24-9-3-1-4-10-24)34-30(37)21-25-12-8-15-27(20-25)26-13-5-2-6-14-26/h1-20,31,39H,21-22H2,(H,33,38)(H,34,37)(H,35,36)/b18-17+. The summed E-state index contributed by atoms with van der Waals surface area (Å²) in [5, 5.41) is 14.5. The second-order valence-corrected chi connectivity index (χ2v) is 8.93. The Balaban J connectivity index is 1.53. The van der Waals surface area contributed by atoms with Crippen molar-refractivity contribution in [3.8, 4) is 11.1 Å². The van der Waals surface area contributed by atoms with Crippen LogP contribution in [-0.2, 0) is 27.3 Å². The zero-order valence-corrected chi connectivity index (χ0v) is 21.2. The lowest BCUT2D eigenvalue weighted by Gasteiger charge is -2.20. The molecule has 0 heterocycles. The number of rotatable bonds is 10. The molecule has 0 aliphatic heterocycles. The van der Waals surface area contributed by atoms with E-state index in [1.807, 2.05) is 84.9 Å². The molecule has 4 aromatic carbocycles. The maximum Gasteiger partial charge on any atom is 0.267 e. The van der Waals surface area contributed by atoms with Gasteiger partial charge in [-0.1, -0.05) is 103 Å². The van der Waals surface area contributed by atoms with Crippen LogP contribution in [0.3, 0.4) is 0 Å². The Morgan fingerprint density at radius 3 is 2.15 bits per heavy atom. The SMILES string of the molecule is O=C(/C=C/c1cccc(C(NC(=O)Cc2cccc(-c3ccccc3)c2)C(=O)NCc2ccccc2)c1)NO. The number of hydrogen-bond donors (Lipinski definition) is 4. The Kier molecular flexibility index (Phi) is 9.37. The van der Waals surface area contributed by atoms with Gasteiger partial charge in [0, 0.05) is 12.6 Å². The minimum atomic E-state index is -0.960. The van der Waals surface area contributed by atoms with Crippen LogP contribution in [0.4, 0.5) is 0 Å². The number of carbonyl (C=O) groups is 3. The predicted molar refractivity (Wildman–Crippen MR) is 150 cm³/mol. The van der Waals surface area contributed by atoms with E-state index >= 15 is 0 Å². The smallest absolute Gasteiger partial charge is 0.267 e. The summed E-state index contributed by atoms with van der Waals surface area (Å²) >= 11 is 0. The van der Waals surface area contributed by atoms with E-state index < -0.39 is 11.9 Å². The van der Waals surface area contributed by atoms with Gasteiger partial charge in [-0.05, 0) is 45.5 Å². The molecule has 7 nitrogen and oxygen atoms in total. The second-order valence-electron chi connectivity index (χ2n) is 8.93. The second kappa shape index (κ2) is 13.5. The van der Waals surface area contributed by atoms with Crippen molar-refractivity contribution in [3.05, 3.63) is 138 Å². The average Bonchev–Trinajstić information content (AvgIpc) is 2.98. The van der Waals surface area contributed by atoms with Crippen molar-refractivity contribution in [2.75, 3.05) is 0 Å². The first-order valence-electron chi connectivity index (χ1n) is 12.5. The van der Waals surface area contributed by atoms with Gasteiger partial charge in [-0.3, -0.25) is 19.6 Å². The molecule has 0 aromatic heterocycles. The molecule has 1 unspecified atom stereocenters. The number of amides is 3. The third-order valence-corrected chi connectivity index (χ3v) is 6.06. The molecule has 0 saturated carbocycles. The molecule has 4 rings (SSSR count). The molecule has 0 aliphatic rings. The van der Waals surface area contributed by atoms with E-state index in [9.17, 15) is 14.4 Å². The first-order valence-corrected chi connectivity index (χ1v) is 12.5. The lowest BCUT2D eigenvalue weighted by molar-refractivity contribution is -0.129. The zero-order valence-electron chi connectivity index (χ0n) is 21.2. The molecule has 4 aromatic rings. The summed E-state index contributed by atoms with van der Waals surface area (Å²) in [7, 11) is 0. The number of benzene rings is 4. The van der Waals surface area contributed by atoms with Crippen molar-refractivity contribution in [1.29, 1.82) is 0 Å². The molecule has 0 aliphatic carbocycles. The maximum atomic E-state index is 13.3. The Hall–Kier alpha value is -5.01. The molecule has 39 heavy (non-hydrogen) atoms. The Morgan fingerprint density at radius 2 is 1.41 bits per heavy atom. The van der Waals surface area contributed by atoms with Crippen molar-refractivity contribution in [2.45, 2.75) is 19.0 Å². The predicted octanol–water partition coefficient (Wildman–Crippen LogP) is 4.59. The Labute approximate surface area is 227 Å². The molecule has 0 spiro atoms. The van der Waals surface area contributed by atoms with Crippen molar-refractivity contribution in [1.82, 2.24) is 16.1 Å². The number of hydroxylamine groups is 1. The van der Waals surface area contributed by atoms with Crippen LogP contribution in [0.25, 0.3) is 17.2 Å². The fraction of sp³-hybridized carbons (Fsp3) is 0.0938. The average molecular weight is 520 g/mol. The fourth-order valence-corrected chi connectivity index (χ4v) is 4.13. The van der Waals surface area contributed by atoms with Gasteiger partial charge >= 0.3 is 0 Å². The topological polar surface area (TPSA) is 108 Å². The number of carbonyl (C=O) groups excluding carboxylic acids is 3. The first kappa shape index (κ1) is 27.0. The van der Waals surface area contributed by atoms with E-state index in [2.05, 4.69) is 10.6 Å². The van der Waals surface area contributed by atoms with Crippen molar-refractivity contribution < 1.29 is 19.6 Å². The third kappa shape index (κ3) is 7.99. The monoisotopic (exact) mass is 519 g/mol. The molecule has 0 saturated heterocycles. The molecule has 3 amide bonds. The molecule has 0 fully saturated rings. The van der Waals surface area contributed by atoms with Crippen LogP contribution >= 0.6 is 0 Å².